The van der Waals surface area contributed by atoms with Crippen LogP contribution in [0.2, 0.25) is 0 Å². The molecule has 0 spiro atoms. The molecule has 1 heterocycles. The zero-order chi connectivity index (χ0) is 35.9. The Morgan fingerprint density at radius 3 is 2.33 bits per heavy atom. The summed E-state index contributed by atoms with van der Waals surface area (Å²) in [5.74, 6) is -4.97. The predicted octanol–water partition coefficient (Wildman–Crippen LogP) is 6.26. The summed E-state index contributed by atoms with van der Waals surface area (Å²) in [4.78, 5) is 70.6. The lowest BCUT2D eigenvalue weighted by molar-refractivity contribution is -0.141. The number of ether oxygens (including phenoxy) is 1. The van der Waals surface area contributed by atoms with Gasteiger partial charge in [-0.15, -0.1) is 0 Å². The highest BCUT2D eigenvalue weighted by atomic mass is 16.5. The van der Waals surface area contributed by atoms with Crippen LogP contribution in [0.4, 0.5) is 0 Å². The van der Waals surface area contributed by atoms with Crippen LogP contribution in [0.25, 0.3) is 5.57 Å². The molecule has 0 radical (unpaired) electrons. The van der Waals surface area contributed by atoms with E-state index in [4.69, 9.17) is 9.84 Å². The number of imide groups is 1. The van der Waals surface area contributed by atoms with Gasteiger partial charge in [0.15, 0.2) is 23.1 Å². The van der Waals surface area contributed by atoms with Crippen LogP contribution in [0.3, 0.4) is 0 Å². The Morgan fingerprint density at radius 2 is 1.63 bits per heavy atom. The number of aromatic hydroxyl groups is 1. The maximum absolute atomic E-state index is 15.1. The highest BCUT2D eigenvalue weighted by molar-refractivity contribution is 6.31. The first-order valence-electron chi connectivity index (χ1n) is 17.8. The van der Waals surface area contributed by atoms with Crippen molar-refractivity contribution >= 4 is 34.9 Å². The standard InChI is InChI=1S/C42H41NO8/c1-2-51-34-22-26(17-20-33(34)44)38-28-18-19-29-37(41(50)43(40(29)49)21-11-5-10-16-36(46)47)31(28)23-32-39(48)30(25-12-6-3-7-13-25)24-35(45)42(32,38)27-14-8-4-9-15-27/h3-4,6-9,12-15,17-18,20,22,24,29,31-32,37-38,44H,2,5,10-11,16,19,21,23H2,1H3,(H,46,47)/t29-,31+,32-,37-,38-,42-/m0/s1. The monoisotopic (exact) mass is 687 g/mol. The molecule has 9 nitrogen and oxygen atoms in total. The Hall–Kier alpha value is -5.31. The Balaban J connectivity index is 1.38. The smallest absolute Gasteiger partial charge is 0.303 e. The number of hydrogen-bond acceptors (Lipinski definition) is 7. The topological polar surface area (TPSA) is 138 Å². The number of phenols is 1. The van der Waals surface area contributed by atoms with Crippen molar-refractivity contribution in [3.63, 3.8) is 0 Å². The zero-order valence-corrected chi connectivity index (χ0v) is 28.5. The molecule has 0 unspecified atom stereocenters. The number of carboxylic acid groups (broad SMARTS) is 1. The summed E-state index contributed by atoms with van der Waals surface area (Å²) < 4.78 is 5.81. The fraction of sp³-hybridized carbons (Fsp3) is 0.357. The van der Waals surface area contributed by atoms with E-state index in [0.29, 0.717) is 54.6 Å². The lowest BCUT2D eigenvalue weighted by atomic mass is 9.44. The molecule has 7 rings (SSSR count). The van der Waals surface area contributed by atoms with Gasteiger partial charge in [-0.1, -0.05) is 84.8 Å². The molecule has 2 fully saturated rings. The van der Waals surface area contributed by atoms with Gasteiger partial charge in [-0.3, -0.25) is 28.9 Å². The molecule has 1 aliphatic heterocycles. The molecular formula is C42H41NO8. The molecule has 0 aromatic heterocycles. The van der Waals surface area contributed by atoms with Gasteiger partial charge >= 0.3 is 5.97 Å². The zero-order valence-electron chi connectivity index (χ0n) is 28.5. The summed E-state index contributed by atoms with van der Waals surface area (Å²) in [6.45, 7) is 2.32. The number of Topliss-reactive ketones (excluding diaryl/α,β-unsaturated/α-hetero) is 1. The maximum atomic E-state index is 15.1. The van der Waals surface area contributed by atoms with E-state index >= 15 is 9.59 Å². The lowest BCUT2D eigenvalue weighted by Gasteiger charge is -2.55. The van der Waals surface area contributed by atoms with Crippen LogP contribution in [0.15, 0.2) is 96.6 Å². The van der Waals surface area contributed by atoms with Gasteiger partial charge in [0.2, 0.25) is 11.8 Å². The third-order valence-electron chi connectivity index (χ3n) is 11.4. The molecule has 3 aromatic carbocycles. The Bertz CT molecular complexity index is 1950. The van der Waals surface area contributed by atoms with E-state index in [2.05, 4.69) is 0 Å². The van der Waals surface area contributed by atoms with E-state index in [1.54, 1.807) is 18.2 Å². The number of phenolic OH excluding ortho intramolecular Hbond substituents is 1. The molecule has 1 saturated carbocycles. The van der Waals surface area contributed by atoms with Crippen molar-refractivity contribution in [3.8, 4) is 11.5 Å². The quantitative estimate of drug-likeness (QED) is 0.137. The van der Waals surface area contributed by atoms with Gasteiger partial charge in [-0.25, -0.2) is 0 Å². The highest BCUT2D eigenvalue weighted by Gasteiger charge is 2.65. The van der Waals surface area contributed by atoms with Crippen molar-refractivity contribution in [2.45, 2.75) is 56.8 Å². The van der Waals surface area contributed by atoms with Gasteiger partial charge in [0.05, 0.1) is 23.9 Å². The number of unbranched alkanes of at least 4 members (excludes halogenated alkanes) is 2. The summed E-state index contributed by atoms with van der Waals surface area (Å²) in [6.07, 6.45) is 5.58. The summed E-state index contributed by atoms with van der Waals surface area (Å²) in [6, 6.07) is 23.5. The third kappa shape index (κ3) is 5.69. The minimum Gasteiger partial charge on any atom is -0.504 e. The van der Waals surface area contributed by atoms with E-state index in [1.165, 1.54) is 11.0 Å². The van der Waals surface area contributed by atoms with Crippen LogP contribution in [0.5, 0.6) is 11.5 Å². The molecule has 3 aromatic rings. The van der Waals surface area contributed by atoms with Crippen LogP contribution in [0, 0.1) is 23.7 Å². The van der Waals surface area contributed by atoms with Gasteiger partial charge in [0.1, 0.15) is 0 Å². The number of fused-ring (bicyclic) bond motifs is 4. The number of carbonyl (C=O) groups is 5. The van der Waals surface area contributed by atoms with Crippen molar-refractivity contribution in [1.82, 2.24) is 4.90 Å². The average molecular weight is 688 g/mol. The number of benzene rings is 3. The Kier molecular flexibility index (Phi) is 9.23. The number of hydrogen-bond donors (Lipinski definition) is 2. The van der Waals surface area contributed by atoms with E-state index in [-0.39, 0.29) is 54.3 Å². The summed E-state index contributed by atoms with van der Waals surface area (Å²) >= 11 is 0. The second-order valence-electron chi connectivity index (χ2n) is 14.0. The molecule has 3 aliphatic carbocycles. The summed E-state index contributed by atoms with van der Waals surface area (Å²) in [5.41, 5.74) is 1.79. The highest BCUT2D eigenvalue weighted by Crippen LogP contribution is 2.64. The van der Waals surface area contributed by atoms with Gasteiger partial charge in [-0.2, -0.15) is 0 Å². The first-order valence-corrected chi connectivity index (χ1v) is 17.8. The maximum Gasteiger partial charge on any atom is 0.303 e. The molecule has 2 N–H and O–H groups in total. The molecule has 2 amide bonds. The lowest BCUT2D eigenvalue weighted by Crippen LogP contribution is -2.58. The van der Waals surface area contributed by atoms with E-state index in [1.807, 2.05) is 73.7 Å². The fourth-order valence-electron chi connectivity index (χ4n) is 9.24. The van der Waals surface area contributed by atoms with Crippen LogP contribution in [-0.4, -0.2) is 57.6 Å². The molecule has 4 aliphatic rings. The van der Waals surface area contributed by atoms with Gasteiger partial charge in [0, 0.05) is 30.4 Å². The number of allylic oxidation sites excluding steroid dienone is 4. The van der Waals surface area contributed by atoms with Crippen LogP contribution in [0.1, 0.15) is 68.1 Å². The number of rotatable bonds is 11. The predicted molar refractivity (Wildman–Crippen MR) is 189 cm³/mol. The number of likely N-dealkylation sites (tertiary alicyclic amines) is 1. The first kappa shape index (κ1) is 34.2. The molecular weight excluding hydrogens is 646 g/mol. The van der Waals surface area contributed by atoms with Crippen molar-refractivity contribution in [3.05, 3.63) is 113 Å². The SMILES string of the molecule is CCOc1cc([C@H]2C3=CC[C@@H]4C(=O)N(CCCCCC(=O)O)C(=O)[C@@H]4[C@@H]3C[C@H]3C(=O)C(c4ccccc4)=CC(=O)[C@@]23c2ccccc2)ccc1O. The van der Waals surface area contributed by atoms with Crippen molar-refractivity contribution in [2.75, 3.05) is 13.2 Å². The van der Waals surface area contributed by atoms with Crippen LogP contribution >= 0.6 is 0 Å². The molecule has 0 bridgehead atoms. The number of carbonyl (C=O) groups excluding carboxylic acids is 4. The van der Waals surface area contributed by atoms with Gasteiger partial charge in [-0.05, 0) is 73.4 Å². The molecule has 9 heteroatoms. The molecule has 6 atom stereocenters. The molecule has 262 valence electrons. The second kappa shape index (κ2) is 13.8. The van der Waals surface area contributed by atoms with Crippen molar-refractivity contribution in [1.29, 1.82) is 0 Å². The molecule has 1 saturated heterocycles. The van der Waals surface area contributed by atoms with Crippen LogP contribution in [-0.2, 0) is 29.4 Å². The van der Waals surface area contributed by atoms with Gasteiger partial charge in [0.25, 0.3) is 0 Å². The number of nitrogens with zero attached hydrogens (tertiary/aromatic N) is 1. The van der Waals surface area contributed by atoms with Crippen molar-refractivity contribution in [2.24, 2.45) is 23.7 Å². The largest absolute Gasteiger partial charge is 0.504 e. The average Bonchev–Trinajstić information content (AvgIpc) is 3.38. The minimum absolute atomic E-state index is 0.0306. The second-order valence-corrected chi connectivity index (χ2v) is 14.0. The van der Waals surface area contributed by atoms with Crippen LogP contribution < -0.4 is 4.74 Å². The normalized spacial score (nSPS) is 26.9. The van der Waals surface area contributed by atoms with E-state index in [0.717, 1.165) is 5.57 Å². The van der Waals surface area contributed by atoms with E-state index in [9.17, 15) is 19.5 Å². The Morgan fingerprint density at radius 1 is 0.902 bits per heavy atom. The number of aliphatic carboxylic acids is 1. The summed E-state index contributed by atoms with van der Waals surface area (Å²) in [5, 5.41) is 19.7. The Labute approximate surface area is 296 Å². The van der Waals surface area contributed by atoms with E-state index < -0.39 is 41.0 Å². The minimum atomic E-state index is -1.37. The van der Waals surface area contributed by atoms with Crippen molar-refractivity contribution < 1.29 is 38.9 Å². The first-order chi connectivity index (χ1) is 24.7. The number of ketones is 2. The van der Waals surface area contributed by atoms with Gasteiger partial charge < -0.3 is 14.9 Å². The molecule has 51 heavy (non-hydrogen) atoms. The number of carboxylic acids is 1. The fourth-order valence-corrected chi connectivity index (χ4v) is 9.24. The summed E-state index contributed by atoms with van der Waals surface area (Å²) in [7, 11) is 0. The number of amides is 2. The third-order valence-corrected chi connectivity index (χ3v) is 11.4.